The molecular weight excluding hydrogens is 307 g/mol. The quantitative estimate of drug-likeness (QED) is 0.508. The Morgan fingerprint density at radius 3 is 2.70 bits per heavy atom. The Hall–Kier alpha value is -2.25. The molecule has 0 saturated heterocycles. The summed E-state index contributed by atoms with van der Waals surface area (Å²) < 4.78 is 0. The molecular formula is C11H8Cl2N4O3. The molecule has 0 amide bonds. The predicted octanol–water partition coefficient (Wildman–Crippen LogP) is 1.52. The summed E-state index contributed by atoms with van der Waals surface area (Å²) in [4.78, 5) is 26.3. The molecule has 1 heterocycles. The summed E-state index contributed by atoms with van der Waals surface area (Å²) in [5.41, 5.74) is 1.22. The Morgan fingerprint density at radius 1 is 1.25 bits per heavy atom. The first-order valence-electron chi connectivity index (χ1n) is 5.27. The van der Waals surface area contributed by atoms with Crippen LogP contribution in [0, 0.1) is 0 Å². The van der Waals surface area contributed by atoms with Crippen LogP contribution in [0.5, 0.6) is 5.88 Å². The smallest absolute Gasteiger partial charge is 0.328 e. The number of H-pyrrole nitrogens is 2. The van der Waals surface area contributed by atoms with Crippen LogP contribution in [0.1, 0.15) is 5.56 Å². The van der Waals surface area contributed by atoms with Gasteiger partial charge in [-0.05, 0) is 18.2 Å². The zero-order valence-electron chi connectivity index (χ0n) is 9.78. The van der Waals surface area contributed by atoms with Gasteiger partial charge in [-0.2, -0.15) is 5.10 Å². The monoisotopic (exact) mass is 314 g/mol. The van der Waals surface area contributed by atoms with E-state index in [2.05, 4.69) is 10.5 Å². The second kappa shape index (κ2) is 5.81. The van der Waals surface area contributed by atoms with Crippen molar-refractivity contribution in [2.45, 2.75) is 0 Å². The zero-order chi connectivity index (χ0) is 14.7. The lowest BCUT2D eigenvalue weighted by atomic mass is 10.3. The van der Waals surface area contributed by atoms with E-state index in [9.17, 15) is 14.7 Å². The summed E-state index contributed by atoms with van der Waals surface area (Å²) in [6.45, 7) is 0. The van der Waals surface area contributed by atoms with Crippen LogP contribution in [-0.4, -0.2) is 21.3 Å². The van der Waals surface area contributed by atoms with Crippen LogP contribution in [0.3, 0.4) is 0 Å². The van der Waals surface area contributed by atoms with Gasteiger partial charge in [-0.25, -0.2) is 4.79 Å². The Labute approximate surface area is 121 Å². The van der Waals surface area contributed by atoms with Gasteiger partial charge in [-0.1, -0.05) is 23.2 Å². The largest absolute Gasteiger partial charge is 0.494 e. The van der Waals surface area contributed by atoms with Crippen molar-refractivity contribution in [3.8, 4) is 5.88 Å². The van der Waals surface area contributed by atoms with Crippen LogP contribution >= 0.6 is 23.2 Å². The SMILES string of the molecule is O=c1[nH]c(O)c(/C=N/Nc2cc(Cl)ccc2Cl)c(=O)[nH]1. The highest BCUT2D eigenvalue weighted by atomic mass is 35.5. The zero-order valence-corrected chi connectivity index (χ0v) is 11.3. The Balaban J connectivity index is 2.25. The number of benzene rings is 1. The molecule has 2 rings (SSSR count). The summed E-state index contributed by atoms with van der Waals surface area (Å²) >= 11 is 11.7. The van der Waals surface area contributed by atoms with Gasteiger partial charge in [0.15, 0.2) is 0 Å². The molecule has 7 nitrogen and oxygen atoms in total. The summed E-state index contributed by atoms with van der Waals surface area (Å²) in [6.07, 6.45) is 1.04. The lowest BCUT2D eigenvalue weighted by molar-refractivity contribution is 0.447. The highest BCUT2D eigenvalue weighted by molar-refractivity contribution is 6.35. The van der Waals surface area contributed by atoms with Crippen molar-refractivity contribution in [1.82, 2.24) is 9.97 Å². The number of aromatic amines is 2. The molecule has 0 aliphatic carbocycles. The van der Waals surface area contributed by atoms with E-state index < -0.39 is 17.1 Å². The average Bonchev–Trinajstić information content (AvgIpc) is 2.36. The van der Waals surface area contributed by atoms with E-state index in [1.54, 1.807) is 12.1 Å². The number of hydrogen-bond acceptors (Lipinski definition) is 5. The molecule has 0 aliphatic heterocycles. The van der Waals surface area contributed by atoms with Crippen LogP contribution in [-0.2, 0) is 0 Å². The number of nitrogens with zero attached hydrogens (tertiary/aromatic N) is 1. The van der Waals surface area contributed by atoms with Crippen LogP contribution in [0.15, 0.2) is 32.9 Å². The van der Waals surface area contributed by atoms with Gasteiger partial charge < -0.3 is 5.11 Å². The van der Waals surface area contributed by atoms with Gasteiger partial charge in [-0.3, -0.25) is 20.2 Å². The molecule has 104 valence electrons. The number of hydrazone groups is 1. The number of aromatic nitrogens is 2. The minimum atomic E-state index is -0.810. The molecule has 2 aromatic rings. The van der Waals surface area contributed by atoms with Crippen molar-refractivity contribution in [1.29, 1.82) is 0 Å². The van der Waals surface area contributed by atoms with Gasteiger partial charge in [0.25, 0.3) is 5.56 Å². The van der Waals surface area contributed by atoms with Gasteiger partial charge in [0.1, 0.15) is 5.56 Å². The third kappa shape index (κ3) is 3.19. The van der Waals surface area contributed by atoms with E-state index in [0.29, 0.717) is 15.7 Å². The van der Waals surface area contributed by atoms with Crippen molar-refractivity contribution >= 4 is 35.1 Å². The summed E-state index contributed by atoms with van der Waals surface area (Å²) in [5, 5.41) is 14.0. The normalized spacial score (nSPS) is 10.9. The van der Waals surface area contributed by atoms with Crippen molar-refractivity contribution in [2.24, 2.45) is 5.10 Å². The Kier molecular flexibility index (Phi) is 4.11. The summed E-state index contributed by atoms with van der Waals surface area (Å²) in [7, 11) is 0. The first-order valence-corrected chi connectivity index (χ1v) is 6.02. The van der Waals surface area contributed by atoms with Crippen molar-refractivity contribution in [3.05, 3.63) is 54.6 Å². The standard InChI is InChI=1S/C11H8Cl2N4O3/c12-5-1-2-7(13)8(3-5)17-14-4-6-9(18)15-11(20)16-10(6)19/h1-4,17H,(H3,15,16,18,19,20)/b14-4+. The van der Waals surface area contributed by atoms with Gasteiger partial charge in [0.2, 0.25) is 5.88 Å². The maximum Gasteiger partial charge on any atom is 0.328 e. The van der Waals surface area contributed by atoms with Gasteiger partial charge in [-0.15, -0.1) is 0 Å². The van der Waals surface area contributed by atoms with Gasteiger partial charge >= 0.3 is 5.69 Å². The molecule has 0 aliphatic rings. The minimum absolute atomic E-state index is 0.199. The predicted molar refractivity (Wildman–Crippen MR) is 77.0 cm³/mol. The lowest BCUT2D eigenvalue weighted by Gasteiger charge is -2.03. The Morgan fingerprint density at radius 2 is 2.00 bits per heavy atom. The first kappa shape index (κ1) is 14.2. The highest BCUT2D eigenvalue weighted by Gasteiger charge is 2.05. The fraction of sp³-hybridized carbons (Fsp3) is 0. The molecule has 0 atom stereocenters. The van der Waals surface area contributed by atoms with Crippen LogP contribution in [0.2, 0.25) is 10.0 Å². The number of rotatable bonds is 3. The van der Waals surface area contributed by atoms with E-state index in [4.69, 9.17) is 23.2 Å². The van der Waals surface area contributed by atoms with Crippen molar-refractivity contribution in [3.63, 3.8) is 0 Å². The number of anilines is 1. The number of nitrogens with one attached hydrogen (secondary N) is 3. The van der Waals surface area contributed by atoms with Gasteiger partial charge in [0.05, 0.1) is 16.9 Å². The second-order valence-electron chi connectivity index (χ2n) is 3.66. The van der Waals surface area contributed by atoms with E-state index in [1.165, 1.54) is 6.07 Å². The molecule has 0 saturated carbocycles. The van der Waals surface area contributed by atoms with Gasteiger partial charge in [0, 0.05) is 5.02 Å². The molecule has 0 fully saturated rings. The van der Waals surface area contributed by atoms with Crippen LogP contribution in [0.25, 0.3) is 0 Å². The molecule has 1 aromatic carbocycles. The highest BCUT2D eigenvalue weighted by Crippen LogP contribution is 2.25. The van der Waals surface area contributed by atoms with Crippen LogP contribution < -0.4 is 16.7 Å². The van der Waals surface area contributed by atoms with E-state index in [1.807, 2.05) is 9.97 Å². The molecule has 9 heteroatoms. The number of hydrogen-bond donors (Lipinski definition) is 4. The topological polar surface area (TPSA) is 110 Å². The van der Waals surface area contributed by atoms with Crippen LogP contribution in [0.4, 0.5) is 5.69 Å². The molecule has 0 radical (unpaired) electrons. The fourth-order valence-corrected chi connectivity index (χ4v) is 1.69. The Bertz CT molecular complexity index is 782. The minimum Gasteiger partial charge on any atom is -0.494 e. The lowest BCUT2D eigenvalue weighted by Crippen LogP contribution is -2.25. The van der Waals surface area contributed by atoms with E-state index >= 15 is 0 Å². The number of halogens is 2. The van der Waals surface area contributed by atoms with E-state index in [-0.39, 0.29) is 5.56 Å². The second-order valence-corrected chi connectivity index (χ2v) is 4.51. The molecule has 4 N–H and O–H groups in total. The molecule has 0 spiro atoms. The molecule has 1 aromatic heterocycles. The third-order valence-corrected chi connectivity index (χ3v) is 2.83. The molecule has 0 unspecified atom stereocenters. The van der Waals surface area contributed by atoms with E-state index in [0.717, 1.165) is 6.21 Å². The average molecular weight is 315 g/mol. The summed E-state index contributed by atoms with van der Waals surface area (Å²) in [6, 6.07) is 4.72. The fourth-order valence-electron chi connectivity index (χ4n) is 1.35. The number of aromatic hydroxyl groups is 1. The molecule has 0 bridgehead atoms. The molecule has 20 heavy (non-hydrogen) atoms. The summed E-state index contributed by atoms with van der Waals surface area (Å²) in [5.74, 6) is -0.582. The first-order chi connectivity index (χ1) is 9.47. The van der Waals surface area contributed by atoms with Crippen molar-refractivity contribution in [2.75, 3.05) is 5.43 Å². The van der Waals surface area contributed by atoms with Crippen molar-refractivity contribution < 1.29 is 5.11 Å². The maximum absolute atomic E-state index is 11.4. The maximum atomic E-state index is 11.4. The third-order valence-electron chi connectivity index (χ3n) is 2.27.